The Kier molecular flexibility index (Phi) is 12.9. The number of rotatable bonds is 13. The van der Waals surface area contributed by atoms with E-state index < -0.39 is 16.7 Å². The van der Waals surface area contributed by atoms with E-state index in [9.17, 15) is 23.6 Å². The number of piperazine rings is 1. The van der Waals surface area contributed by atoms with Crippen LogP contribution in [0.5, 0.6) is 0 Å². The summed E-state index contributed by atoms with van der Waals surface area (Å²) in [5, 5.41) is 26.4. The fraction of sp³-hybridized carbons (Fsp3) is 0.607. The Bertz CT molecular complexity index is 1030. The lowest BCUT2D eigenvalue weighted by molar-refractivity contribution is -1.30. The van der Waals surface area contributed by atoms with E-state index in [-0.39, 0.29) is 18.8 Å². The zero-order valence-electron chi connectivity index (χ0n) is 24.7. The Morgan fingerprint density at radius 3 is 2.42 bits per heavy atom. The van der Waals surface area contributed by atoms with Crippen LogP contribution in [-0.4, -0.2) is 97.7 Å². The topological polar surface area (TPSA) is 86.6 Å². The second-order valence-electron chi connectivity index (χ2n) is 10.3. The molecule has 1 heterocycles. The van der Waals surface area contributed by atoms with Gasteiger partial charge in [-0.1, -0.05) is 31.4 Å². The summed E-state index contributed by atoms with van der Waals surface area (Å²) in [6.45, 7) is 10.00. The van der Waals surface area contributed by atoms with Crippen LogP contribution in [0.1, 0.15) is 45.6 Å². The predicted molar refractivity (Wildman–Crippen MR) is 154 cm³/mol. The first-order valence-corrected chi connectivity index (χ1v) is 13.9. The standard InChI is InChI=1S/C28H47F3N7O2/c1-7-9-11-27(32-14-10-15-36(5)38(6,39)40)25(28(29,30)31)21-33-22(3)34-26-13-12-24(20-23(26)8-2)37-18-16-35(4)17-19-37/h11-13,20-21,32,39-40H,7-10,14-19H2,1-6H3,(H,33,34)/q+1/b25-21+,27-11-. The average Bonchev–Trinajstić information content (AvgIpc) is 2.88. The fourth-order valence-corrected chi connectivity index (χ4v) is 4.23. The largest absolute Gasteiger partial charge is 0.419 e. The van der Waals surface area contributed by atoms with Crippen molar-refractivity contribution in [2.75, 3.05) is 70.6 Å². The fourth-order valence-electron chi connectivity index (χ4n) is 4.23. The van der Waals surface area contributed by atoms with E-state index >= 15 is 0 Å². The van der Waals surface area contributed by atoms with Gasteiger partial charge in [-0.2, -0.15) is 23.6 Å². The molecule has 0 aliphatic carbocycles. The molecule has 1 aliphatic heterocycles. The minimum absolute atomic E-state index is 0.0374. The van der Waals surface area contributed by atoms with Gasteiger partial charge in [0.15, 0.2) is 7.05 Å². The van der Waals surface area contributed by atoms with Crippen molar-refractivity contribution in [3.63, 3.8) is 0 Å². The number of benzene rings is 1. The number of anilines is 2. The van der Waals surface area contributed by atoms with Crippen molar-refractivity contribution >= 4 is 17.2 Å². The normalized spacial score (nSPS) is 16.6. The molecular formula is C28H47F3N7O2+. The van der Waals surface area contributed by atoms with Gasteiger partial charge in [-0.05, 0) is 57.0 Å². The predicted octanol–water partition coefficient (Wildman–Crippen LogP) is 5.01. The summed E-state index contributed by atoms with van der Waals surface area (Å²) in [4.78, 5) is 7.46. The number of alkyl halides is 3. The van der Waals surface area contributed by atoms with Crippen molar-refractivity contribution in [1.82, 2.24) is 15.2 Å². The second kappa shape index (κ2) is 15.4. The van der Waals surface area contributed by atoms with Gasteiger partial charge in [-0.25, -0.2) is 4.99 Å². The molecule has 2 rings (SSSR count). The lowest BCUT2D eigenvalue weighted by atomic mass is 10.1. The second-order valence-corrected chi connectivity index (χ2v) is 10.3. The van der Waals surface area contributed by atoms with Gasteiger partial charge < -0.3 is 20.4 Å². The Balaban J connectivity index is 2.19. The van der Waals surface area contributed by atoms with Gasteiger partial charge in [-0.3, -0.25) is 0 Å². The summed E-state index contributed by atoms with van der Waals surface area (Å²) in [6, 6.07) is 6.15. The quantitative estimate of drug-likeness (QED) is 0.0662. The molecule has 40 heavy (non-hydrogen) atoms. The number of nitrogens with zero attached hydrogens (tertiary/aromatic N) is 5. The van der Waals surface area contributed by atoms with Crippen molar-refractivity contribution in [2.45, 2.75) is 52.6 Å². The number of hydroxylamine groups is 2. The van der Waals surface area contributed by atoms with Crippen LogP contribution >= 0.6 is 0 Å². The number of likely N-dealkylation sites (N-methyl/N-ethyl adjacent to an activating group) is 1. The first-order chi connectivity index (χ1) is 18.8. The molecule has 9 nitrogen and oxygen atoms in total. The third-order valence-corrected chi connectivity index (χ3v) is 6.89. The maximum absolute atomic E-state index is 14.1. The van der Waals surface area contributed by atoms with Crippen LogP contribution in [0.4, 0.5) is 24.5 Å². The van der Waals surface area contributed by atoms with Crippen molar-refractivity contribution in [3.8, 4) is 0 Å². The van der Waals surface area contributed by atoms with E-state index in [1.807, 2.05) is 19.1 Å². The third-order valence-electron chi connectivity index (χ3n) is 6.89. The highest BCUT2D eigenvalue weighted by Gasteiger charge is 2.36. The molecule has 1 aliphatic rings. The van der Waals surface area contributed by atoms with Gasteiger partial charge in [0.1, 0.15) is 5.84 Å². The summed E-state index contributed by atoms with van der Waals surface area (Å²) in [6.07, 6.45) is 0.115. The number of allylic oxidation sites excluding steroid dienone is 2. The highest BCUT2D eigenvalue weighted by atomic mass is 19.4. The molecule has 4 N–H and O–H groups in total. The maximum Gasteiger partial charge on any atom is 0.419 e. The van der Waals surface area contributed by atoms with Crippen LogP contribution in [-0.2, 0) is 6.42 Å². The van der Waals surface area contributed by atoms with Crippen LogP contribution in [0, 0.1) is 0 Å². The number of quaternary nitrogens is 1. The number of halogens is 3. The van der Waals surface area contributed by atoms with Gasteiger partial charge in [0.05, 0.1) is 12.1 Å². The lowest BCUT2D eigenvalue weighted by Gasteiger charge is -2.34. The smallest absolute Gasteiger partial charge is 0.385 e. The Morgan fingerprint density at radius 2 is 1.85 bits per heavy atom. The van der Waals surface area contributed by atoms with E-state index in [0.29, 0.717) is 25.1 Å². The van der Waals surface area contributed by atoms with Crippen LogP contribution in [0.15, 0.2) is 46.7 Å². The molecule has 1 aromatic carbocycles. The molecule has 0 spiro atoms. The summed E-state index contributed by atoms with van der Waals surface area (Å²) >= 11 is 0. The molecule has 1 aromatic rings. The molecule has 0 saturated carbocycles. The number of hydrogen-bond acceptors (Lipinski definition) is 7. The van der Waals surface area contributed by atoms with E-state index in [2.05, 4.69) is 45.5 Å². The summed E-state index contributed by atoms with van der Waals surface area (Å²) in [5.41, 5.74) is 2.15. The molecule has 0 bridgehead atoms. The highest BCUT2D eigenvalue weighted by Crippen LogP contribution is 2.31. The van der Waals surface area contributed by atoms with Crippen molar-refractivity contribution < 1.29 is 28.5 Å². The van der Waals surface area contributed by atoms with E-state index in [1.54, 1.807) is 6.92 Å². The Hall–Kier alpha value is -2.64. The third kappa shape index (κ3) is 10.7. The Labute approximate surface area is 236 Å². The summed E-state index contributed by atoms with van der Waals surface area (Å²) < 4.78 is 42.3. The maximum atomic E-state index is 14.1. The summed E-state index contributed by atoms with van der Waals surface area (Å²) in [5.74, 6) is 0.350. The highest BCUT2D eigenvalue weighted by molar-refractivity contribution is 5.94. The first kappa shape index (κ1) is 33.6. The van der Waals surface area contributed by atoms with Gasteiger partial charge in [0, 0.05) is 68.0 Å². The lowest BCUT2D eigenvalue weighted by Crippen LogP contribution is -2.51. The molecule has 0 radical (unpaired) electrons. The van der Waals surface area contributed by atoms with Crippen LogP contribution in [0.2, 0.25) is 0 Å². The van der Waals surface area contributed by atoms with Gasteiger partial charge in [0.2, 0.25) is 0 Å². The van der Waals surface area contributed by atoms with Gasteiger partial charge >= 0.3 is 6.18 Å². The monoisotopic (exact) mass is 570 g/mol. The van der Waals surface area contributed by atoms with Crippen LogP contribution < -0.4 is 15.5 Å². The number of hydrogen-bond donors (Lipinski definition) is 4. The average molecular weight is 571 g/mol. The van der Waals surface area contributed by atoms with E-state index in [1.165, 1.54) is 25.2 Å². The molecule has 226 valence electrons. The molecule has 0 unspecified atom stereocenters. The van der Waals surface area contributed by atoms with Gasteiger partial charge in [-0.15, -0.1) is 0 Å². The zero-order chi connectivity index (χ0) is 29.9. The number of aliphatic imine (C=N–C) groups is 1. The molecular weight excluding hydrogens is 523 g/mol. The number of unbranched alkanes of at least 4 members (excludes halogenated alkanes) is 1. The Morgan fingerprint density at radius 1 is 1.18 bits per heavy atom. The molecule has 0 amide bonds. The van der Waals surface area contributed by atoms with Gasteiger partial charge in [0.25, 0.3) is 0 Å². The zero-order valence-corrected chi connectivity index (χ0v) is 24.7. The SMILES string of the molecule is CCC/C=C(NCCCN(C)[N+](C)(O)O)/C(=C\N=C(C)Nc1ccc(N2CCN(C)CC2)cc1CC)C(F)(F)F. The molecule has 0 aromatic heterocycles. The van der Waals surface area contributed by atoms with E-state index in [0.717, 1.165) is 55.7 Å². The number of amidine groups is 1. The molecule has 12 heteroatoms. The molecule has 1 saturated heterocycles. The van der Waals surface area contributed by atoms with E-state index in [4.69, 9.17) is 0 Å². The van der Waals surface area contributed by atoms with Crippen LogP contribution in [0.25, 0.3) is 0 Å². The van der Waals surface area contributed by atoms with Crippen molar-refractivity contribution in [2.24, 2.45) is 4.99 Å². The summed E-state index contributed by atoms with van der Waals surface area (Å²) in [7, 11) is 4.79. The molecule has 0 atom stereocenters. The first-order valence-electron chi connectivity index (χ1n) is 13.9. The van der Waals surface area contributed by atoms with Crippen molar-refractivity contribution in [3.05, 3.63) is 47.3 Å². The minimum Gasteiger partial charge on any atom is -0.385 e. The van der Waals surface area contributed by atoms with Crippen molar-refractivity contribution in [1.29, 1.82) is 0 Å². The number of aryl methyl sites for hydroxylation is 1. The minimum atomic E-state index is -4.61. The molecule has 1 fully saturated rings. The van der Waals surface area contributed by atoms with Crippen LogP contribution in [0.3, 0.4) is 0 Å². The number of nitrogens with one attached hydrogen (secondary N) is 2.